The highest BCUT2D eigenvalue weighted by molar-refractivity contribution is 7.21. The number of rotatable bonds is 4. The molecule has 5 nitrogen and oxygen atoms in total. The van der Waals surface area contributed by atoms with Crippen LogP contribution in [0.5, 0.6) is 0 Å². The van der Waals surface area contributed by atoms with E-state index in [9.17, 15) is 19.1 Å². The molecule has 1 fully saturated rings. The van der Waals surface area contributed by atoms with E-state index < -0.39 is 11.4 Å². The van der Waals surface area contributed by atoms with Gasteiger partial charge in [-0.1, -0.05) is 0 Å². The van der Waals surface area contributed by atoms with E-state index >= 15 is 0 Å². The first kappa shape index (κ1) is 17.8. The number of nitrogens with zero attached hydrogens (tertiary/aromatic N) is 1. The number of carboxylic acids is 1. The standard InChI is InChI=1S/C18H20FNO4S/c1-11-13-8-12(19)4-5-14(13)25-15(11)16(21)20-7-3-6-18(9-20,10-24-2)17(22)23/h4-5,8H,3,6-7,9-10H2,1-2H3,(H,22,23). The van der Waals surface area contributed by atoms with Gasteiger partial charge in [0.05, 0.1) is 11.5 Å². The molecule has 0 saturated carbocycles. The minimum atomic E-state index is -1.07. The number of carboxylic acid groups (broad SMARTS) is 1. The molecule has 1 aromatic heterocycles. The first-order valence-corrected chi connectivity index (χ1v) is 8.90. The second-order valence-electron chi connectivity index (χ2n) is 6.55. The zero-order valence-electron chi connectivity index (χ0n) is 14.2. The van der Waals surface area contributed by atoms with E-state index in [-0.39, 0.29) is 24.9 Å². The molecule has 1 atom stereocenters. The van der Waals surface area contributed by atoms with Crippen molar-refractivity contribution in [3.05, 3.63) is 34.5 Å². The maximum Gasteiger partial charge on any atom is 0.313 e. The lowest BCUT2D eigenvalue weighted by Crippen LogP contribution is -2.52. The Hall–Kier alpha value is -1.99. The summed E-state index contributed by atoms with van der Waals surface area (Å²) in [5, 5.41) is 10.4. The van der Waals surface area contributed by atoms with Gasteiger partial charge < -0.3 is 14.7 Å². The number of carbonyl (C=O) groups excluding carboxylic acids is 1. The van der Waals surface area contributed by atoms with Crippen LogP contribution >= 0.6 is 11.3 Å². The van der Waals surface area contributed by atoms with E-state index in [2.05, 4.69) is 0 Å². The molecule has 0 spiro atoms. The number of fused-ring (bicyclic) bond motifs is 1. The number of aryl methyl sites for hydroxylation is 1. The third-order valence-corrected chi connectivity index (χ3v) is 6.09. The number of methoxy groups -OCH3 is 1. The highest BCUT2D eigenvalue weighted by Gasteiger charge is 2.44. The van der Waals surface area contributed by atoms with Crippen molar-refractivity contribution < 1.29 is 23.8 Å². The summed E-state index contributed by atoms with van der Waals surface area (Å²) in [6.07, 6.45) is 1.09. The predicted octanol–water partition coefficient (Wildman–Crippen LogP) is 3.30. The zero-order chi connectivity index (χ0) is 18.2. The van der Waals surface area contributed by atoms with Crippen LogP contribution in [0.2, 0.25) is 0 Å². The summed E-state index contributed by atoms with van der Waals surface area (Å²) in [7, 11) is 1.47. The van der Waals surface area contributed by atoms with Crippen molar-refractivity contribution in [2.75, 3.05) is 26.8 Å². The van der Waals surface area contributed by atoms with Gasteiger partial charge in [0.2, 0.25) is 0 Å². The van der Waals surface area contributed by atoms with Crippen molar-refractivity contribution in [3.63, 3.8) is 0 Å². The van der Waals surface area contributed by atoms with Crippen LogP contribution in [-0.4, -0.2) is 48.7 Å². The first-order valence-electron chi connectivity index (χ1n) is 8.08. The van der Waals surface area contributed by atoms with Crippen molar-refractivity contribution in [2.45, 2.75) is 19.8 Å². The number of thiophene rings is 1. The van der Waals surface area contributed by atoms with E-state index in [1.54, 1.807) is 17.9 Å². The summed E-state index contributed by atoms with van der Waals surface area (Å²) in [6.45, 7) is 2.51. The normalized spacial score (nSPS) is 20.8. The van der Waals surface area contributed by atoms with Crippen molar-refractivity contribution >= 4 is 33.3 Å². The molecule has 7 heteroatoms. The summed E-state index contributed by atoms with van der Waals surface area (Å²) >= 11 is 1.32. The van der Waals surface area contributed by atoms with Gasteiger partial charge in [-0.05, 0) is 48.9 Å². The molecule has 3 rings (SSSR count). The van der Waals surface area contributed by atoms with E-state index in [0.29, 0.717) is 24.3 Å². The third-order valence-electron chi connectivity index (χ3n) is 4.83. The van der Waals surface area contributed by atoms with Crippen LogP contribution < -0.4 is 0 Å². The van der Waals surface area contributed by atoms with Crippen molar-refractivity contribution in [3.8, 4) is 0 Å². The van der Waals surface area contributed by atoms with Crippen molar-refractivity contribution in [1.82, 2.24) is 4.90 Å². The highest BCUT2D eigenvalue weighted by atomic mass is 32.1. The number of benzene rings is 1. The molecule has 1 aliphatic rings. The SMILES string of the molecule is COCC1(C(=O)O)CCCN(C(=O)c2sc3ccc(F)cc3c2C)C1. The number of amides is 1. The fraction of sp³-hybridized carbons (Fsp3) is 0.444. The molecule has 1 N–H and O–H groups in total. The van der Waals surface area contributed by atoms with Crippen LogP contribution in [0.4, 0.5) is 4.39 Å². The van der Waals surface area contributed by atoms with Gasteiger partial charge in [0.15, 0.2) is 0 Å². The average Bonchev–Trinajstić information content (AvgIpc) is 2.91. The quantitative estimate of drug-likeness (QED) is 0.903. The smallest absolute Gasteiger partial charge is 0.313 e. The number of carbonyl (C=O) groups is 2. The molecule has 2 heterocycles. The highest BCUT2D eigenvalue weighted by Crippen LogP contribution is 2.35. The Morgan fingerprint density at radius 3 is 2.88 bits per heavy atom. The van der Waals surface area contributed by atoms with Gasteiger partial charge in [0.25, 0.3) is 5.91 Å². The van der Waals surface area contributed by atoms with Gasteiger partial charge >= 0.3 is 5.97 Å². The van der Waals surface area contributed by atoms with Crippen LogP contribution in [0, 0.1) is 18.2 Å². The molecule has 1 saturated heterocycles. The molecule has 2 aromatic rings. The lowest BCUT2D eigenvalue weighted by atomic mass is 9.80. The maximum absolute atomic E-state index is 13.5. The molecular formula is C18H20FNO4S. The second-order valence-corrected chi connectivity index (χ2v) is 7.60. The number of piperidine rings is 1. The number of ether oxygens (including phenoxy) is 1. The predicted molar refractivity (Wildman–Crippen MR) is 93.6 cm³/mol. The van der Waals surface area contributed by atoms with Gasteiger partial charge in [0.1, 0.15) is 11.2 Å². The van der Waals surface area contributed by atoms with Crippen LogP contribution in [0.3, 0.4) is 0 Å². The van der Waals surface area contributed by atoms with Gasteiger partial charge in [-0.3, -0.25) is 9.59 Å². The monoisotopic (exact) mass is 365 g/mol. The third kappa shape index (κ3) is 3.14. The van der Waals surface area contributed by atoms with Crippen molar-refractivity contribution in [2.24, 2.45) is 5.41 Å². The Kier molecular flexibility index (Phi) is 4.79. The molecule has 1 amide bonds. The minimum Gasteiger partial charge on any atom is -0.481 e. The van der Waals surface area contributed by atoms with E-state index in [1.807, 2.05) is 0 Å². The lowest BCUT2D eigenvalue weighted by molar-refractivity contribution is -0.155. The molecule has 1 aliphatic heterocycles. The topological polar surface area (TPSA) is 66.8 Å². The molecule has 1 aromatic carbocycles. The zero-order valence-corrected chi connectivity index (χ0v) is 15.0. The average molecular weight is 365 g/mol. The minimum absolute atomic E-state index is 0.0721. The summed E-state index contributed by atoms with van der Waals surface area (Å²) in [6, 6.07) is 4.48. The van der Waals surface area contributed by atoms with Gasteiger partial charge in [0, 0.05) is 24.9 Å². The lowest BCUT2D eigenvalue weighted by Gasteiger charge is -2.39. The summed E-state index contributed by atoms with van der Waals surface area (Å²) < 4.78 is 19.4. The Labute approximate surface area is 149 Å². The van der Waals surface area contributed by atoms with E-state index in [0.717, 1.165) is 15.6 Å². The van der Waals surface area contributed by atoms with Crippen molar-refractivity contribution in [1.29, 1.82) is 0 Å². The Bertz CT molecular complexity index is 830. The molecule has 25 heavy (non-hydrogen) atoms. The van der Waals surface area contributed by atoms with E-state index in [1.165, 1.54) is 30.6 Å². The molecule has 0 aliphatic carbocycles. The first-order chi connectivity index (χ1) is 11.9. The number of likely N-dealkylation sites (tertiary alicyclic amines) is 1. The number of halogens is 1. The summed E-state index contributed by atoms with van der Waals surface area (Å²) in [5.41, 5.74) is -0.331. The van der Waals surface area contributed by atoms with Crippen LogP contribution in [0.15, 0.2) is 18.2 Å². The largest absolute Gasteiger partial charge is 0.481 e. The van der Waals surface area contributed by atoms with Gasteiger partial charge in [-0.25, -0.2) is 4.39 Å². The van der Waals surface area contributed by atoms with E-state index in [4.69, 9.17) is 4.74 Å². The van der Waals surface area contributed by atoms with Crippen LogP contribution in [0.1, 0.15) is 28.1 Å². The number of hydrogen-bond donors (Lipinski definition) is 1. The Morgan fingerprint density at radius 1 is 1.44 bits per heavy atom. The number of aliphatic carboxylic acids is 1. The Balaban J connectivity index is 1.92. The van der Waals surface area contributed by atoms with Crippen LogP contribution in [0.25, 0.3) is 10.1 Å². The number of hydrogen-bond acceptors (Lipinski definition) is 4. The molecule has 1 unspecified atom stereocenters. The summed E-state index contributed by atoms with van der Waals surface area (Å²) in [5.74, 6) is -1.47. The van der Waals surface area contributed by atoms with Gasteiger partial charge in [-0.2, -0.15) is 0 Å². The Morgan fingerprint density at radius 2 is 2.20 bits per heavy atom. The summed E-state index contributed by atoms with van der Waals surface area (Å²) in [4.78, 5) is 26.9. The fourth-order valence-electron chi connectivity index (χ4n) is 3.48. The molecule has 0 radical (unpaired) electrons. The second kappa shape index (κ2) is 6.72. The van der Waals surface area contributed by atoms with Crippen LogP contribution in [-0.2, 0) is 9.53 Å². The molecule has 134 valence electrons. The molecular weight excluding hydrogens is 345 g/mol. The molecule has 0 bridgehead atoms. The fourth-order valence-corrected chi connectivity index (χ4v) is 4.63. The maximum atomic E-state index is 13.5. The van der Waals surface area contributed by atoms with Gasteiger partial charge in [-0.15, -0.1) is 11.3 Å².